The third kappa shape index (κ3) is 3.11. The van der Waals surface area contributed by atoms with Gasteiger partial charge in [-0.2, -0.15) is 0 Å². The van der Waals surface area contributed by atoms with Crippen molar-refractivity contribution in [2.45, 2.75) is 32.7 Å². The first-order valence-electron chi connectivity index (χ1n) is 7.40. The monoisotopic (exact) mass is 297 g/mol. The summed E-state index contributed by atoms with van der Waals surface area (Å²) >= 11 is 0. The highest BCUT2D eigenvalue weighted by Gasteiger charge is 2.35. The van der Waals surface area contributed by atoms with Crippen molar-refractivity contribution >= 4 is 17.4 Å². The zero-order valence-corrected chi connectivity index (χ0v) is 13.6. The van der Waals surface area contributed by atoms with Crippen molar-refractivity contribution in [3.8, 4) is 0 Å². The van der Waals surface area contributed by atoms with Crippen LogP contribution in [0.15, 0.2) is 53.0 Å². The number of allylic oxidation sites excluding steroid dienone is 3. The zero-order chi connectivity index (χ0) is 16.3. The number of hydrogen-bond acceptors (Lipinski definition) is 3. The van der Waals surface area contributed by atoms with Crippen LogP contribution in [0.4, 0.5) is 0 Å². The number of rotatable bonds is 3. The topological polar surface area (TPSA) is 58.7 Å². The van der Waals surface area contributed by atoms with E-state index in [0.29, 0.717) is 6.42 Å². The molecule has 2 N–H and O–H groups in total. The first-order chi connectivity index (χ1) is 10.4. The molecular weight excluding hydrogens is 274 g/mol. The molecule has 116 valence electrons. The molecule has 1 atom stereocenters. The Morgan fingerprint density at radius 2 is 2.00 bits per heavy atom. The number of aliphatic imine (C=N–C) groups is 1. The molecule has 0 spiro atoms. The quantitative estimate of drug-likeness (QED) is 0.872. The molecule has 22 heavy (non-hydrogen) atoms. The maximum atomic E-state index is 12.1. The lowest BCUT2D eigenvalue weighted by Gasteiger charge is -2.34. The van der Waals surface area contributed by atoms with Gasteiger partial charge in [-0.1, -0.05) is 42.5 Å². The van der Waals surface area contributed by atoms with Gasteiger partial charge in [-0.3, -0.25) is 9.69 Å². The van der Waals surface area contributed by atoms with Crippen molar-refractivity contribution in [1.82, 2.24) is 4.90 Å². The molecule has 0 radical (unpaired) electrons. The van der Waals surface area contributed by atoms with E-state index in [2.05, 4.69) is 29.3 Å². The summed E-state index contributed by atoms with van der Waals surface area (Å²) in [7, 11) is 1.65. The van der Waals surface area contributed by atoms with Gasteiger partial charge in [-0.05, 0) is 37.5 Å². The van der Waals surface area contributed by atoms with Gasteiger partial charge in [-0.25, -0.2) is 4.99 Å². The lowest BCUT2D eigenvalue weighted by Crippen LogP contribution is -2.49. The summed E-state index contributed by atoms with van der Waals surface area (Å²) in [6.45, 7) is 5.96. The maximum Gasteiger partial charge on any atom is 0.231 e. The maximum absolute atomic E-state index is 12.1. The van der Waals surface area contributed by atoms with E-state index in [1.54, 1.807) is 7.05 Å². The van der Waals surface area contributed by atoms with E-state index in [-0.39, 0.29) is 11.9 Å². The van der Waals surface area contributed by atoms with Crippen LogP contribution in [0.3, 0.4) is 0 Å². The van der Waals surface area contributed by atoms with Crippen LogP contribution in [0.5, 0.6) is 0 Å². The van der Waals surface area contributed by atoms with Gasteiger partial charge in [0.15, 0.2) is 5.96 Å². The second-order valence-electron chi connectivity index (χ2n) is 5.81. The van der Waals surface area contributed by atoms with Crippen LogP contribution in [0.1, 0.15) is 32.8 Å². The summed E-state index contributed by atoms with van der Waals surface area (Å²) in [5.74, 6) is 0.262. The van der Waals surface area contributed by atoms with Gasteiger partial charge >= 0.3 is 0 Å². The van der Waals surface area contributed by atoms with Gasteiger partial charge in [0, 0.05) is 7.05 Å². The largest absolute Gasteiger partial charge is 0.369 e. The van der Waals surface area contributed by atoms with Crippen LogP contribution in [0.2, 0.25) is 0 Å². The summed E-state index contributed by atoms with van der Waals surface area (Å²) in [5.41, 5.74) is 8.56. The molecular formula is C18H23N3O. The highest BCUT2D eigenvalue weighted by molar-refractivity contribution is 5.99. The Bertz CT molecular complexity index is 658. The third-order valence-electron chi connectivity index (χ3n) is 4.21. The number of nitrogens with zero attached hydrogens (tertiary/aromatic N) is 2. The number of guanidine groups is 1. The molecule has 0 saturated carbocycles. The molecule has 2 rings (SSSR count). The van der Waals surface area contributed by atoms with E-state index in [9.17, 15) is 4.79 Å². The van der Waals surface area contributed by atoms with E-state index in [0.717, 1.165) is 16.7 Å². The summed E-state index contributed by atoms with van der Waals surface area (Å²) in [6, 6.07) is 10.2. The Morgan fingerprint density at radius 1 is 1.36 bits per heavy atom. The van der Waals surface area contributed by atoms with Gasteiger partial charge in [0.05, 0.1) is 12.0 Å². The number of benzene rings is 1. The first kappa shape index (κ1) is 16.0. The second kappa shape index (κ2) is 6.18. The van der Waals surface area contributed by atoms with E-state index < -0.39 is 5.54 Å². The Morgan fingerprint density at radius 3 is 2.55 bits per heavy atom. The lowest BCUT2D eigenvalue weighted by molar-refractivity contribution is -0.128. The number of carbonyl (C=O) groups is 1. The normalized spacial score (nSPS) is 23.5. The average molecular weight is 297 g/mol. The molecule has 0 bridgehead atoms. The van der Waals surface area contributed by atoms with Crippen LogP contribution in [0, 0.1) is 0 Å². The van der Waals surface area contributed by atoms with Gasteiger partial charge < -0.3 is 5.73 Å². The summed E-state index contributed by atoms with van der Waals surface area (Å²) in [6.07, 6.45) is 4.48. The molecule has 4 heteroatoms. The van der Waals surface area contributed by atoms with Crippen molar-refractivity contribution in [2.24, 2.45) is 10.7 Å². The molecule has 1 aromatic carbocycles. The fourth-order valence-electron chi connectivity index (χ4n) is 2.49. The molecule has 0 aromatic heterocycles. The number of amides is 1. The molecule has 0 aliphatic carbocycles. The smallest absolute Gasteiger partial charge is 0.231 e. The zero-order valence-electron chi connectivity index (χ0n) is 13.6. The van der Waals surface area contributed by atoms with E-state index in [1.807, 2.05) is 39.0 Å². The second-order valence-corrected chi connectivity index (χ2v) is 5.81. The Kier molecular flexibility index (Phi) is 4.50. The van der Waals surface area contributed by atoms with Crippen LogP contribution in [-0.4, -0.2) is 29.4 Å². The predicted molar refractivity (Wildman–Crippen MR) is 91.3 cm³/mol. The Hall–Kier alpha value is -2.36. The molecule has 1 amide bonds. The minimum absolute atomic E-state index is 0.00973. The minimum Gasteiger partial charge on any atom is -0.369 e. The van der Waals surface area contributed by atoms with Crippen LogP contribution in [0.25, 0.3) is 5.57 Å². The molecule has 0 unspecified atom stereocenters. The van der Waals surface area contributed by atoms with Crippen LogP contribution < -0.4 is 5.73 Å². The Labute approximate surface area is 132 Å². The molecule has 1 aliphatic rings. The van der Waals surface area contributed by atoms with Crippen molar-refractivity contribution in [3.63, 3.8) is 0 Å². The molecule has 4 nitrogen and oxygen atoms in total. The predicted octanol–water partition coefficient (Wildman–Crippen LogP) is 2.97. The molecule has 0 saturated heterocycles. The molecule has 1 heterocycles. The average Bonchev–Trinajstić information content (AvgIpc) is 2.50. The van der Waals surface area contributed by atoms with Gasteiger partial charge in [0.25, 0.3) is 0 Å². The third-order valence-corrected chi connectivity index (χ3v) is 4.21. The van der Waals surface area contributed by atoms with Gasteiger partial charge in [0.1, 0.15) is 0 Å². The standard InChI is InChI=1S/C18H23N3O/c1-5-14(15-9-7-6-8-10-15)11-13(2)18(3)12-16(22)21(4)17(19)20-18/h5-11H,12H2,1-4H3,(H2,19,20)/b13-11+,14-5+/t18-/m0/s1. The summed E-state index contributed by atoms with van der Waals surface area (Å²) in [5, 5.41) is 0. The highest BCUT2D eigenvalue weighted by Crippen LogP contribution is 2.31. The highest BCUT2D eigenvalue weighted by atomic mass is 16.2. The molecule has 1 aromatic rings. The van der Waals surface area contributed by atoms with Crippen LogP contribution >= 0.6 is 0 Å². The van der Waals surface area contributed by atoms with Crippen molar-refractivity contribution in [2.75, 3.05) is 7.05 Å². The number of hydrogen-bond donors (Lipinski definition) is 1. The first-order valence-corrected chi connectivity index (χ1v) is 7.40. The molecule has 1 aliphatic heterocycles. The van der Waals surface area contributed by atoms with E-state index in [4.69, 9.17) is 5.73 Å². The Balaban J connectivity index is 2.38. The van der Waals surface area contributed by atoms with Gasteiger partial charge in [-0.15, -0.1) is 0 Å². The van der Waals surface area contributed by atoms with Crippen molar-refractivity contribution in [1.29, 1.82) is 0 Å². The minimum atomic E-state index is -0.587. The van der Waals surface area contributed by atoms with Crippen molar-refractivity contribution in [3.05, 3.63) is 53.6 Å². The number of carbonyl (C=O) groups excluding carboxylic acids is 1. The van der Waals surface area contributed by atoms with Gasteiger partial charge in [0.2, 0.25) is 5.91 Å². The van der Waals surface area contributed by atoms with E-state index >= 15 is 0 Å². The lowest BCUT2D eigenvalue weighted by atomic mass is 9.86. The SMILES string of the molecule is C/C=C(\C=C(/C)[C@]1(C)CC(=O)N(C)C(N)=N1)c1ccccc1. The van der Waals surface area contributed by atoms with Crippen LogP contribution in [-0.2, 0) is 4.79 Å². The summed E-state index contributed by atoms with van der Waals surface area (Å²) < 4.78 is 0. The fourth-order valence-corrected chi connectivity index (χ4v) is 2.49. The number of nitrogens with two attached hydrogens (primary N) is 1. The molecule has 0 fully saturated rings. The fraction of sp³-hybridized carbons (Fsp3) is 0.333. The summed E-state index contributed by atoms with van der Waals surface area (Å²) in [4.78, 5) is 18.0. The van der Waals surface area contributed by atoms with E-state index in [1.165, 1.54) is 4.90 Å². The van der Waals surface area contributed by atoms with Crippen molar-refractivity contribution < 1.29 is 4.79 Å².